The number of rotatable bonds is 4. The Morgan fingerprint density at radius 2 is 2.00 bits per heavy atom. The van der Waals surface area contributed by atoms with E-state index in [0.29, 0.717) is 31.5 Å². The molecule has 8 nitrogen and oxygen atoms in total. The fourth-order valence-corrected chi connectivity index (χ4v) is 3.18. The average molecular weight is 315 g/mol. The summed E-state index contributed by atoms with van der Waals surface area (Å²) in [4.78, 5) is 24.5. The van der Waals surface area contributed by atoms with E-state index in [1.54, 1.807) is 11.0 Å². The van der Waals surface area contributed by atoms with E-state index in [4.69, 9.17) is 10.3 Å². The van der Waals surface area contributed by atoms with Crippen molar-refractivity contribution in [2.75, 3.05) is 19.6 Å². The van der Waals surface area contributed by atoms with Gasteiger partial charge in [0.05, 0.1) is 6.54 Å². The SMILES string of the molecule is NCC(=O)N1CCC(c2ccn(S(=O)O)c2C(=O)O)CC1. The van der Waals surface area contributed by atoms with Crippen molar-refractivity contribution >= 4 is 23.1 Å². The van der Waals surface area contributed by atoms with Gasteiger partial charge in [-0.05, 0) is 30.4 Å². The summed E-state index contributed by atoms with van der Waals surface area (Å²) in [6, 6.07) is 1.56. The van der Waals surface area contributed by atoms with E-state index in [-0.39, 0.29) is 24.1 Å². The van der Waals surface area contributed by atoms with Crippen LogP contribution in [0, 0.1) is 0 Å². The van der Waals surface area contributed by atoms with Gasteiger partial charge in [0.2, 0.25) is 5.91 Å². The number of likely N-dealkylation sites (tertiary alicyclic amines) is 1. The zero-order valence-corrected chi connectivity index (χ0v) is 12.1. The molecule has 21 heavy (non-hydrogen) atoms. The topological polar surface area (TPSA) is 126 Å². The highest BCUT2D eigenvalue weighted by atomic mass is 32.2. The van der Waals surface area contributed by atoms with Gasteiger partial charge in [0, 0.05) is 19.3 Å². The van der Waals surface area contributed by atoms with Crippen molar-refractivity contribution < 1.29 is 23.5 Å². The maximum absolute atomic E-state index is 11.5. The van der Waals surface area contributed by atoms with Crippen LogP contribution in [-0.2, 0) is 16.1 Å². The third-order valence-corrected chi connectivity index (χ3v) is 4.36. The number of carbonyl (C=O) groups excluding carboxylic acids is 1. The molecule has 1 fully saturated rings. The van der Waals surface area contributed by atoms with Gasteiger partial charge < -0.3 is 15.7 Å². The highest BCUT2D eigenvalue weighted by Gasteiger charge is 2.29. The quantitative estimate of drug-likeness (QED) is 0.663. The second-order valence-electron chi connectivity index (χ2n) is 4.84. The lowest BCUT2D eigenvalue weighted by Gasteiger charge is -2.31. The molecule has 1 saturated heterocycles. The maximum Gasteiger partial charge on any atom is 0.353 e. The fourth-order valence-electron chi connectivity index (χ4n) is 2.68. The predicted octanol–water partition coefficient (Wildman–Crippen LogP) is -0.164. The van der Waals surface area contributed by atoms with Gasteiger partial charge in [-0.1, -0.05) is 0 Å². The van der Waals surface area contributed by atoms with Crippen LogP contribution >= 0.6 is 0 Å². The maximum atomic E-state index is 11.5. The molecule has 1 aliphatic rings. The zero-order valence-electron chi connectivity index (χ0n) is 11.3. The number of aromatic carboxylic acids is 1. The van der Waals surface area contributed by atoms with Crippen molar-refractivity contribution in [3.63, 3.8) is 0 Å². The first-order chi connectivity index (χ1) is 9.95. The number of hydrogen-bond donors (Lipinski definition) is 3. The summed E-state index contributed by atoms with van der Waals surface area (Å²) in [7, 11) is 0. The third kappa shape index (κ3) is 3.14. The van der Waals surface area contributed by atoms with E-state index in [1.807, 2.05) is 0 Å². The number of hydrogen-bond acceptors (Lipinski definition) is 4. The van der Waals surface area contributed by atoms with E-state index in [1.165, 1.54) is 6.20 Å². The molecule has 116 valence electrons. The molecule has 0 radical (unpaired) electrons. The summed E-state index contributed by atoms with van der Waals surface area (Å²) in [5, 5.41) is 9.25. The molecule has 1 aromatic heterocycles. The van der Waals surface area contributed by atoms with Gasteiger partial charge in [-0.3, -0.25) is 9.35 Å². The normalized spacial score (nSPS) is 17.7. The number of aromatic nitrogens is 1. The molecule has 1 atom stereocenters. The average Bonchev–Trinajstić information content (AvgIpc) is 2.91. The van der Waals surface area contributed by atoms with Crippen LogP contribution in [0.25, 0.3) is 0 Å². The second-order valence-corrected chi connectivity index (χ2v) is 5.70. The molecule has 9 heteroatoms. The van der Waals surface area contributed by atoms with Crippen molar-refractivity contribution in [2.24, 2.45) is 5.73 Å². The van der Waals surface area contributed by atoms with Crippen molar-refractivity contribution in [3.05, 3.63) is 23.5 Å². The summed E-state index contributed by atoms with van der Waals surface area (Å²) in [6.07, 6.45) is 2.51. The van der Waals surface area contributed by atoms with Crippen LogP contribution in [-0.4, -0.2) is 54.3 Å². The van der Waals surface area contributed by atoms with E-state index in [0.717, 1.165) is 3.97 Å². The van der Waals surface area contributed by atoms with Crippen molar-refractivity contribution in [2.45, 2.75) is 18.8 Å². The Kier molecular flexibility index (Phi) is 4.76. The number of carboxylic acid groups (broad SMARTS) is 1. The van der Waals surface area contributed by atoms with Crippen molar-refractivity contribution in [3.8, 4) is 0 Å². The van der Waals surface area contributed by atoms with Crippen LogP contribution in [0.2, 0.25) is 0 Å². The standard InChI is InChI=1S/C12H17N3O5S/c13-7-10(16)14-4-1-8(2-5-14)9-3-6-15(21(19)20)11(9)12(17)18/h3,6,8H,1-2,4-5,7,13H2,(H,17,18)(H,19,20). The number of carboxylic acids is 1. The van der Waals surface area contributed by atoms with E-state index in [2.05, 4.69) is 0 Å². The number of piperidine rings is 1. The fraction of sp³-hybridized carbons (Fsp3) is 0.500. The molecule has 1 amide bonds. The predicted molar refractivity (Wildman–Crippen MR) is 75.2 cm³/mol. The monoisotopic (exact) mass is 315 g/mol. The minimum atomic E-state index is -2.41. The minimum Gasteiger partial charge on any atom is -0.477 e. The molecular weight excluding hydrogens is 298 g/mol. The third-order valence-electron chi connectivity index (χ3n) is 3.72. The van der Waals surface area contributed by atoms with Gasteiger partial charge in [-0.2, -0.15) is 0 Å². The van der Waals surface area contributed by atoms with Crippen LogP contribution in [0.3, 0.4) is 0 Å². The van der Waals surface area contributed by atoms with E-state index < -0.39 is 17.2 Å². The molecule has 1 aromatic rings. The Morgan fingerprint density at radius 3 is 2.48 bits per heavy atom. The van der Waals surface area contributed by atoms with E-state index >= 15 is 0 Å². The van der Waals surface area contributed by atoms with Crippen LogP contribution in [0.4, 0.5) is 0 Å². The van der Waals surface area contributed by atoms with Crippen LogP contribution in [0.5, 0.6) is 0 Å². The Bertz CT molecular complexity index is 577. The summed E-state index contributed by atoms with van der Waals surface area (Å²) < 4.78 is 21.1. The second kappa shape index (κ2) is 6.37. The largest absolute Gasteiger partial charge is 0.477 e. The van der Waals surface area contributed by atoms with Gasteiger partial charge >= 0.3 is 5.97 Å². The first-order valence-corrected chi connectivity index (χ1v) is 7.55. The Morgan fingerprint density at radius 1 is 1.38 bits per heavy atom. The van der Waals surface area contributed by atoms with Crippen LogP contribution in [0.1, 0.15) is 34.8 Å². The molecule has 4 N–H and O–H groups in total. The molecule has 2 rings (SSSR count). The van der Waals surface area contributed by atoms with Gasteiger partial charge in [0.15, 0.2) is 0 Å². The Hall–Kier alpha value is -1.71. The van der Waals surface area contributed by atoms with Crippen LogP contribution in [0.15, 0.2) is 12.3 Å². The van der Waals surface area contributed by atoms with E-state index in [9.17, 15) is 18.9 Å². The molecule has 0 aromatic carbocycles. The first-order valence-electron chi connectivity index (χ1n) is 6.49. The van der Waals surface area contributed by atoms with Gasteiger partial charge in [0.1, 0.15) is 5.69 Å². The minimum absolute atomic E-state index is 0.0368. The lowest BCUT2D eigenvalue weighted by molar-refractivity contribution is -0.130. The zero-order chi connectivity index (χ0) is 15.6. The molecular formula is C12H17N3O5S. The lowest BCUT2D eigenvalue weighted by Crippen LogP contribution is -2.41. The highest BCUT2D eigenvalue weighted by Crippen LogP contribution is 2.31. The molecule has 0 aliphatic carbocycles. The summed E-state index contributed by atoms with van der Waals surface area (Å²) in [6.45, 7) is 0.977. The smallest absolute Gasteiger partial charge is 0.353 e. The summed E-state index contributed by atoms with van der Waals surface area (Å²) in [5.74, 6) is -1.42. The Labute approximate surface area is 123 Å². The number of carbonyl (C=O) groups is 2. The Balaban J connectivity index is 2.19. The first kappa shape index (κ1) is 15.7. The number of amides is 1. The number of nitrogens with two attached hydrogens (primary N) is 1. The van der Waals surface area contributed by atoms with Gasteiger partial charge in [-0.15, -0.1) is 0 Å². The molecule has 0 saturated carbocycles. The van der Waals surface area contributed by atoms with Gasteiger partial charge in [0.25, 0.3) is 11.3 Å². The summed E-state index contributed by atoms with van der Waals surface area (Å²) in [5.41, 5.74) is 5.68. The summed E-state index contributed by atoms with van der Waals surface area (Å²) >= 11 is -2.41. The molecule has 1 aliphatic heterocycles. The van der Waals surface area contributed by atoms with Crippen molar-refractivity contribution in [1.82, 2.24) is 8.87 Å². The van der Waals surface area contributed by atoms with Crippen LogP contribution < -0.4 is 5.73 Å². The highest BCUT2D eigenvalue weighted by molar-refractivity contribution is 7.77. The lowest BCUT2D eigenvalue weighted by atomic mass is 9.89. The van der Waals surface area contributed by atoms with Gasteiger partial charge in [-0.25, -0.2) is 13.0 Å². The molecule has 0 spiro atoms. The number of nitrogens with zero attached hydrogens (tertiary/aromatic N) is 2. The van der Waals surface area contributed by atoms with Crippen molar-refractivity contribution in [1.29, 1.82) is 0 Å². The molecule has 1 unspecified atom stereocenters. The molecule has 2 heterocycles. The molecule has 0 bridgehead atoms.